The molecule has 2 heterocycles. The molecule has 1 amide bonds. The second-order valence-electron chi connectivity index (χ2n) is 7.62. The molecule has 0 radical (unpaired) electrons. The van der Waals surface area contributed by atoms with E-state index in [-0.39, 0.29) is 19.1 Å². The summed E-state index contributed by atoms with van der Waals surface area (Å²) in [4.78, 5) is 25.9. The molecule has 0 atom stereocenters. The Morgan fingerprint density at radius 1 is 1.11 bits per heavy atom. The van der Waals surface area contributed by atoms with Crippen LogP contribution in [-0.4, -0.2) is 38.7 Å². The lowest BCUT2D eigenvalue weighted by atomic mass is 10.0. The van der Waals surface area contributed by atoms with Crippen LogP contribution in [0.3, 0.4) is 0 Å². The van der Waals surface area contributed by atoms with Crippen molar-refractivity contribution in [2.75, 3.05) is 11.9 Å². The summed E-state index contributed by atoms with van der Waals surface area (Å²) in [6.07, 6.45) is 0. The first-order valence-electron chi connectivity index (χ1n) is 11.1. The van der Waals surface area contributed by atoms with Crippen molar-refractivity contribution in [3.05, 3.63) is 76.4 Å². The Balaban J connectivity index is 1.55. The number of ether oxygens (including phenoxy) is 2. The Bertz CT molecular complexity index is 1330. The summed E-state index contributed by atoms with van der Waals surface area (Å²) in [7, 11) is 0. The Kier molecular flexibility index (Phi) is 7.51. The third kappa shape index (κ3) is 5.55. The topological polar surface area (TPSA) is 108 Å². The fourth-order valence-corrected chi connectivity index (χ4v) is 4.38. The zero-order valence-corrected chi connectivity index (χ0v) is 20.5. The van der Waals surface area contributed by atoms with Crippen LogP contribution in [0.5, 0.6) is 5.75 Å². The third-order valence-electron chi connectivity index (χ3n) is 5.23. The molecule has 0 fully saturated rings. The lowest BCUT2D eigenvalue weighted by molar-refractivity contribution is 0.0529. The molecule has 0 saturated heterocycles. The van der Waals surface area contributed by atoms with Gasteiger partial charge in [0.2, 0.25) is 0 Å². The lowest BCUT2D eigenvalue weighted by Gasteiger charge is -2.10. The number of nitrogens with one attached hydrogen (secondary N) is 1. The standard InChI is InChI=1S/C25H25N5O4S/c1-4-30-21(27-28-29-30)14-34-19-8-6-7-18(13-19)23(31)26-24-22(25(32)33-5-2)20(15-35-24)17-11-9-16(3)10-12-17/h6-13,15H,4-5,14H2,1-3H3,(H,26,31). The molecule has 4 rings (SSSR count). The maximum absolute atomic E-state index is 13.1. The molecule has 35 heavy (non-hydrogen) atoms. The van der Waals surface area contributed by atoms with Crippen LogP contribution >= 0.6 is 11.3 Å². The van der Waals surface area contributed by atoms with Crippen molar-refractivity contribution in [3.63, 3.8) is 0 Å². The fraction of sp³-hybridized carbons (Fsp3) is 0.240. The molecule has 9 nitrogen and oxygen atoms in total. The van der Waals surface area contributed by atoms with Gasteiger partial charge in [-0.3, -0.25) is 4.79 Å². The summed E-state index contributed by atoms with van der Waals surface area (Å²) in [5.74, 6) is 0.242. The summed E-state index contributed by atoms with van der Waals surface area (Å²) < 4.78 is 12.7. The van der Waals surface area contributed by atoms with E-state index < -0.39 is 5.97 Å². The highest BCUT2D eigenvalue weighted by molar-refractivity contribution is 7.15. The van der Waals surface area contributed by atoms with Crippen LogP contribution in [0.15, 0.2) is 53.9 Å². The second kappa shape index (κ2) is 10.9. The number of aryl methyl sites for hydroxylation is 2. The molecule has 0 aliphatic rings. The Labute approximate surface area is 206 Å². The number of carbonyl (C=O) groups excluding carboxylic acids is 2. The van der Waals surface area contributed by atoms with Crippen molar-refractivity contribution >= 4 is 28.2 Å². The van der Waals surface area contributed by atoms with Gasteiger partial charge < -0.3 is 14.8 Å². The molecular weight excluding hydrogens is 466 g/mol. The SMILES string of the molecule is CCOC(=O)c1c(-c2ccc(C)cc2)csc1NC(=O)c1cccc(OCc2nnnn2CC)c1. The summed E-state index contributed by atoms with van der Waals surface area (Å²) in [6.45, 7) is 6.71. The number of hydrogen-bond donors (Lipinski definition) is 1. The molecule has 0 aliphatic carbocycles. The molecule has 2 aromatic carbocycles. The first-order chi connectivity index (χ1) is 17.0. The normalized spacial score (nSPS) is 10.7. The van der Waals surface area contributed by atoms with Gasteiger partial charge in [-0.1, -0.05) is 35.9 Å². The Morgan fingerprint density at radius 2 is 1.91 bits per heavy atom. The van der Waals surface area contributed by atoms with Crippen molar-refractivity contribution in [1.82, 2.24) is 20.2 Å². The highest BCUT2D eigenvalue weighted by atomic mass is 32.1. The minimum Gasteiger partial charge on any atom is -0.486 e. The van der Waals surface area contributed by atoms with Gasteiger partial charge in [0.1, 0.15) is 22.9 Å². The van der Waals surface area contributed by atoms with Gasteiger partial charge in [0.05, 0.1) is 6.61 Å². The van der Waals surface area contributed by atoms with E-state index >= 15 is 0 Å². The maximum Gasteiger partial charge on any atom is 0.341 e. The van der Waals surface area contributed by atoms with Crippen LogP contribution in [0, 0.1) is 6.92 Å². The number of thiophene rings is 1. The highest BCUT2D eigenvalue weighted by Gasteiger charge is 2.23. The second-order valence-corrected chi connectivity index (χ2v) is 8.50. The van der Waals surface area contributed by atoms with Gasteiger partial charge in [0, 0.05) is 23.1 Å². The Hall–Kier alpha value is -4.05. The van der Waals surface area contributed by atoms with Crippen LogP contribution in [0.1, 0.15) is 46.0 Å². The molecule has 0 aliphatic heterocycles. The van der Waals surface area contributed by atoms with E-state index in [0.717, 1.165) is 16.7 Å². The number of anilines is 1. The van der Waals surface area contributed by atoms with Crippen LogP contribution in [0.4, 0.5) is 5.00 Å². The number of tetrazole rings is 1. The lowest BCUT2D eigenvalue weighted by Crippen LogP contribution is -2.15. The van der Waals surface area contributed by atoms with Crippen molar-refractivity contribution in [1.29, 1.82) is 0 Å². The average molecular weight is 492 g/mol. The van der Waals surface area contributed by atoms with Crippen LogP contribution in [0.2, 0.25) is 0 Å². The number of benzene rings is 2. The molecule has 4 aromatic rings. The molecular formula is C25H25N5O4S. The van der Waals surface area contributed by atoms with E-state index in [2.05, 4.69) is 20.8 Å². The van der Waals surface area contributed by atoms with Gasteiger partial charge in [0.15, 0.2) is 5.82 Å². The third-order valence-corrected chi connectivity index (χ3v) is 6.13. The molecule has 0 bridgehead atoms. The number of nitrogens with zero attached hydrogens (tertiary/aromatic N) is 4. The first-order valence-corrected chi connectivity index (χ1v) is 12.0. The molecule has 0 spiro atoms. The van der Waals surface area contributed by atoms with Gasteiger partial charge in [-0.2, -0.15) is 0 Å². The molecule has 0 saturated carbocycles. The first kappa shape index (κ1) is 24.1. The van der Waals surface area contributed by atoms with E-state index in [9.17, 15) is 9.59 Å². The van der Waals surface area contributed by atoms with E-state index in [1.165, 1.54) is 11.3 Å². The van der Waals surface area contributed by atoms with Crippen LogP contribution in [-0.2, 0) is 17.9 Å². The molecule has 1 N–H and O–H groups in total. The van der Waals surface area contributed by atoms with Crippen molar-refractivity contribution in [3.8, 4) is 16.9 Å². The van der Waals surface area contributed by atoms with Crippen molar-refractivity contribution in [2.24, 2.45) is 0 Å². The number of esters is 1. The number of aromatic nitrogens is 4. The summed E-state index contributed by atoms with van der Waals surface area (Å²) >= 11 is 1.28. The van der Waals surface area contributed by atoms with Gasteiger partial charge in [-0.15, -0.1) is 16.4 Å². The predicted octanol–water partition coefficient (Wildman–Crippen LogP) is 4.74. The summed E-state index contributed by atoms with van der Waals surface area (Å²) in [5.41, 5.74) is 3.43. The molecule has 180 valence electrons. The minimum absolute atomic E-state index is 0.170. The van der Waals surface area contributed by atoms with Crippen LogP contribution in [0.25, 0.3) is 11.1 Å². The van der Waals surface area contributed by atoms with Crippen LogP contribution < -0.4 is 10.1 Å². The van der Waals surface area contributed by atoms with E-state index in [1.54, 1.807) is 35.9 Å². The van der Waals surface area contributed by atoms with Crippen molar-refractivity contribution < 1.29 is 19.1 Å². The van der Waals surface area contributed by atoms with E-state index in [0.29, 0.717) is 34.2 Å². The Morgan fingerprint density at radius 3 is 2.66 bits per heavy atom. The minimum atomic E-state index is -0.481. The highest BCUT2D eigenvalue weighted by Crippen LogP contribution is 2.36. The number of rotatable bonds is 9. The predicted molar refractivity (Wildman–Crippen MR) is 133 cm³/mol. The van der Waals surface area contributed by atoms with Crippen molar-refractivity contribution in [2.45, 2.75) is 33.9 Å². The summed E-state index contributed by atoms with van der Waals surface area (Å²) in [6, 6.07) is 14.6. The number of amides is 1. The molecule has 0 unspecified atom stereocenters. The van der Waals surface area contributed by atoms with Gasteiger partial charge in [-0.05, 0) is 55.0 Å². The maximum atomic E-state index is 13.1. The zero-order chi connectivity index (χ0) is 24.8. The average Bonchev–Trinajstić information content (AvgIpc) is 3.50. The molecule has 2 aromatic heterocycles. The largest absolute Gasteiger partial charge is 0.486 e. The quantitative estimate of drug-likeness (QED) is 0.337. The zero-order valence-electron chi connectivity index (χ0n) is 19.6. The van der Waals surface area contributed by atoms with Gasteiger partial charge in [-0.25, -0.2) is 9.48 Å². The number of carbonyl (C=O) groups is 2. The van der Waals surface area contributed by atoms with Gasteiger partial charge >= 0.3 is 5.97 Å². The van der Waals surface area contributed by atoms with E-state index in [1.807, 2.05) is 43.5 Å². The molecule has 10 heteroatoms. The number of hydrogen-bond acceptors (Lipinski definition) is 8. The van der Waals surface area contributed by atoms with Gasteiger partial charge in [0.25, 0.3) is 5.91 Å². The summed E-state index contributed by atoms with van der Waals surface area (Å²) in [5, 5.41) is 16.6. The fourth-order valence-electron chi connectivity index (χ4n) is 3.42. The monoisotopic (exact) mass is 491 g/mol. The smallest absolute Gasteiger partial charge is 0.341 e. The van der Waals surface area contributed by atoms with E-state index in [4.69, 9.17) is 9.47 Å².